The number of hydrazone groups is 1. The van der Waals surface area contributed by atoms with Crippen molar-refractivity contribution < 1.29 is 9.59 Å². The van der Waals surface area contributed by atoms with Gasteiger partial charge in [-0.3, -0.25) is 9.59 Å². The van der Waals surface area contributed by atoms with Gasteiger partial charge in [-0.25, -0.2) is 5.01 Å². The molecular formula is C27H24N4O2S. The number of nitrogens with zero attached hydrogens (tertiary/aromatic N) is 3. The lowest BCUT2D eigenvalue weighted by molar-refractivity contribution is -0.121. The summed E-state index contributed by atoms with van der Waals surface area (Å²) in [4.78, 5) is 29.5. The van der Waals surface area contributed by atoms with E-state index in [-0.39, 0.29) is 24.3 Å². The highest BCUT2D eigenvalue weighted by Crippen LogP contribution is 2.38. The Labute approximate surface area is 202 Å². The number of rotatable bonds is 5. The average Bonchev–Trinajstić information content (AvgIpc) is 3.45. The number of carbonyl (C=O) groups excluding carboxylic acids is 2. The van der Waals surface area contributed by atoms with Gasteiger partial charge in [0.1, 0.15) is 5.25 Å². The van der Waals surface area contributed by atoms with Crippen molar-refractivity contribution in [1.29, 1.82) is 0 Å². The number of hydrogen-bond donors (Lipinski definition) is 1. The molecule has 0 radical (unpaired) electrons. The lowest BCUT2D eigenvalue weighted by atomic mass is 9.98. The fraction of sp³-hybridized carbons (Fsp3) is 0.185. The molecule has 2 atom stereocenters. The minimum atomic E-state index is -0.561. The maximum atomic E-state index is 12.7. The number of hydrogen-bond acceptors (Lipinski definition) is 5. The minimum absolute atomic E-state index is 0.0593. The van der Waals surface area contributed by atoms with Gasteiger partial charge >= 0.3 is 0 Å². The molecule has 0 spiro atoms. The largest absolute Gasteiger partial charge is 0.326 e. The molecule has 2 aliphatic rings. The molecule has 6 nitrogen and oxygen atoms in total. The first kappa shape index (κ1) is 22.1. The van der Waals surface area contributed by atoms with Gasteiger partial charge in [0.2, 0.25) is 5.91 Å². The van der Waals surface area contributed by atoms with E-state index in [1.54, 1.807) is 0 Å². The zero-order valence-electron chi connectivity index (χ0n) is 18.7. The molecular weight excluding hydrogens is 444 g/mol. The normalized spacial score (nSPS) is 19.7. The molecule has 3 aromatic carbocycles. The van der Waals surface area contributed by atoms with Crippen LogP contribution in [0.5, 0.6) is 0 Å². The van der Waals surface area contributed by atoms with Gasteiger partial charge in [0, 0.05) is 18.5 Å². The number of amidine groups is 1. The van der Waals surface area contributed by atoms with Crippen molar-refractivity contribution >= 4 is 40.1 Å². The minimum Gasteiger partial charge on any atom is -0.326 e. The second-order valence-corrected chi connectivity index (χ2v) is 9.52. The standard InChI is InChI=1S/C27H24N4O2S/c1-18-12-14-19(15-13-18)22-16-23(20-8-4-2-5-9-20)31(30-22)27-29-26(33)24(34-27)17-25(32)28-21-10-6-3-7-11-21/h2-15,23-24H,16-17H2,1H3,(H,28,32)/t23-,24-/m0/s1. The molecule has 0 aliphatic carbocycles. The third kappa shape index (κ3) is 4.79. The summed E-state index contributed by atoms with van der Waals surface area (Å²) in [7, 11) is 0. The van der Waals surface area contributed by atoms with Crippen molar-refractivity contribution in [3.05, 3.63) is 102 Å². The third-order valence-corrected chi connectivity index (χ3v) is 6.97. The second kappa shape index (κ2) is 9.65. The predicted molar refractivity (Wildman–Crippen MR) is 137 cm³/mol. The number of aliphatic imine (C=N–C) groups is 1. The van der Waals surface area contributed by atoms with Crippen molar-refractivity contribution in [2.75, 3.05) is 5.32 Å². The van der Waals surface area contributed by atoms with Crippen LogP contribution in [0.1, 0.15) is 35.6 Å². The molecule has 0 bridgehead atoms. The predicted octanol–water partition coefficient (Wildman–Crippen LogP) is 5.17. The van der Waals surface area contributed by atoms with Gasteiger partial charge in [0.25, 0.3) is 5.91 Å². The lowest BCUT2D eigenvalue weighted by Crippen LogP contribution is -2.25. The Morgan fingerprint density at radius 3 is 2.38 bits per heavy atom. The molecule has 2 aliphatic heterocycles. The average molecular weight is 469 g/mol. The Balaban J connectivity index is 1.35. The van der Waals surface area contributed by atoms with E-state index in [0.717, 1.165) is 16.8 Å². The van der Waals surface area contributed by atoms with Gasteiger partial charge in [-0.05, 0) is 30.2 Å². The van der Waals surface area contributed by atoms with E-state index < -0.39 is 5.25 Å². The number of thioether (sulfide) groups is 1. The number of anilines is 1. The maximum Gasteiger partial charge on any atom is 0.262 e. The lowest BCUT2D eigenvalue weighted by Gasteiger charge is -2.23. The van der Waals surface area contributed by atoms with E-state index in [1.165, 1.54) is 17.3 Å². The number of aryl methyl sites for hydroxylation is 1. The fourth-order valence-electron chi connectivity index (χ4n) is 4.05. The Bertz CT molecular complexity index is 1260. The van der Waals surface area contributed by atoms with E-state index >= 15 is 0 Å². The first-order valence-corrected chi connectivity index (χ1v) is 12.1. The van der Waals surface area contributed by atoms with Crippen LogP contribution in [0, 0.1) is 6.92 Å². The molecule has 3 aromatic rings. The summed E-state index contributed by atoms with van der Waals surface area (Å²) in [6.45, 7) is 2.06. The van der Waals surface area contributed by atoms with Crippen molar-refractivity contribution in [2.45, 2.75) is 31.1 Å². The molecule has 2 heterocycles. The van der Waals surface area contributed by atoms with Crippen molar-refractivity contribution in [3.8, 4) is 0 Å². The topological polar surface area (TPSA) is 74.1 Å². The summed E-state index contributed by atoms with van der Waals surface area (Å²) >= 11 is 1.31. The number of amides is 2. The Hall–Kier alpha value is -3.71. The molecule has 2 amide bonds. The van der Waals surface area contributed by atoms with Crippen LogP contribution >= 0.6 is 11.8 Å². The van der Waals surface area contributed by atoms with Crippen LogP contribution in [0.3, 0.4) is 0 Å². The quantitative estimate of drug-likeness (QED) is 0.560. The maximum absolute atomic E-state index is 12.7. The second-order valence-electron chi connectivity index (χ2n) is 8.35. The fourth-order valence-corrected chi connectivity index (χ4v) is 5.11. The smallest absolute Gasteiger partial charge is 0.262 e. The zero-order valence-corrected chi connectivity index (χ0v) is 19.5. The Morgan fingerprint density at radius 2 is 1.68 bits per heavy atom. The van der Waals surface area contributed by atoms with E-state index in [9.17, 15) is 9.59 Å². The van der Waals surface area contributed by atoms with Crippen LogP contribution in [-0.4, -0.2) is 33.0 Å². The van der Waals surface area contributed by atoms with E-state index in [4.69, 9.17) is 5.10 Å². The summed E-state index contributed by atoms with van der Waals surface area (Å²) in [6.07, 6.45) is 0.768. The van der Waals surface area contributed by atoms with Crippen LogP contribution in [0.4, 0.5) is 5.69 Å². The highest BCUT2D eigenvalue weighted by molar-refractivity contribution is 8.15. The molecule has 34 heavy (non-hydrogen) atoms. The highest BCUT2D eigenvalue weighted by Gasteiger charge is 2.39. The van der Waals surface area contributed by atoms with E-state index in [1.807, 2.05) is 53.5 Å². The molecule has 0 saturated heterocycles. The highest BCUT2D eigenvalue weighted by atomic mass is 32.2. The van der Waals surface area contributed by atoms with Gasteiger partial charge in [0.05, 0.1) is 11.8 Å². The van der Waals surface area contributed by atoms with Gasteiger partial charge in [-0.15, -0.1) is 0 Å². The summed E-state index contributed by atoms with van der Waals surface area (Å²) in [6, 6.07) is 27.6. The first-order valence-electron chi connectivity index (χ1n) is 11.2. The monoisotopic (exact) mass is 468 g/mol. The van der Waals surface area contributed by atoms with Crippen LogP contribution in [0.25, 0.3) is 0 Å². The van der Waals surface area contributed by atoms with Gasteiger partial charge in [-0.1, -0.05) is 90.1 Å². The van der Waals surface area contributed by atoms with Crippen LogP contribution in [0.2, 0.25) is 0 Å². The number of carbonyl (C=O) groups is 2. The molecule has 7 heteroatoms. The van der Waals surface area contributed by atoms with Crippen molar-refractivity contribution in [3.63, 3.8) is 0 Å². The SMILES string of the molecule is Cc1ccc(C2=NN(C3=NC(=O)[C@H](CC(=O)Nc4ccccc4)S3)[C@H](c3ccccc3)C2)cc1. The van der Waals surface area contributed by atoms with Crippen molar-refractivity contribution in [1.82, 2.24) is 5.01 Å². The van der Waals surface area contributed by atoms with Crippen LogP contribution in [-0.2, 0) is 9.59 Å². The molecule has 170 valence electrons. The number of para-hydroxylation sites is 1. The van der Waals surface area contributed by atoms with Crippen LogP contribution in [0.15, 0.2) is 95.0 Å². The summed E-state index contributed by atoms with van der Waals surface area (Å²) in [5.74, 6) is -0.507. The molecule has 5 rings (SSSR count). The summed E-state index contributed by atoms with van der Waals surface area (Å²) in [5, 5.41) is 9.56. The van der Waals surface area contributed by atoms with Gasteiger partial charge in [-0.2, -0.15) is 10.1 Å². The van der Waals surface area contributed by atoms with Gasteiger partial charge < -0.3 is 5.32 Å². The molecule has 0 aromatic heterocycles. The van der Waals surface area contributed by atoms with E-state index in [0.29, 0.717) is 17.3 Å². The molecule has 0 unspecified atom stereocenters. The molecule has 0 fully saturated rings. The summed E-state index contributed by atoms with van der Waals surface area (Å²) in [5.41, 5.74) is 5.02. The summed E-state index contributed by atoms with van der Waals surface area (Å²) < 4.78 is 0. The van der Waals surface area contributed by atoms with Gasteiger partial charge in [0.15, 0.2) is 5.17 Å². The number of benzene rings is 3. The number of nitrogens with one attached hydrogen (secondary N) is 1. The molecule has 1 N–H and O–H groups in total. The first-order chi connectivity index (χ1) is 16.6. The zero-order chi connectivity index (χ0) is 23.5. The Kier molecular flexibility index (Phi) is 6.27. The van der Waals surface area contributed by atoms with E-state index in [2.05, 4.69) is 53.6 Å². The molecule has 0 saturated carbocycles. The van der Waals surface area contributed by atoms with Crippen molar-refractivity contribution in [2.24, 2.45) is 10.1 Å². The third-order valence-electron chi connectivity index (χ3n) is 5.83. The Morgan fingerprint density at radius 1 is 1.00 bits per heavy atom. The van der Waals surface area contributed by atoms with Crippen LogP contribution < -0.4 is 5.32 Å².